The third kappa shape index (κ3) is 4.54. The van der Waals surface area contributed by atoms with Gasteiger partial charge in [-0.2, -0.15) is 4.31 Å². The van der Waals surface area contributed by atoms with Gasteiger partial charge in [0, 0.05) is 24.3 Å². The van der Waals surface area contributed by atoms with Gasteiger partial charge in [-0.05, 0) is 19.8 Å². The van der Waals surface area contributed by atoms with Crippen LogP contribution in [0.25, 0.3) is 0 Å². The molecule has 0 fully saturated rings. The summed E-state index contributed by atoms with van der Waals surface area (Å²) in [6, 6.07) is 0. The van der Waals surface area contributed by atoms with Crippen molar-refractivity contribution in [3.63, 3.8) is 0 Å². The molecule has 98 valence electrons. The highest BCUT2D eigenvalue weighted by molar-refractivity contribution is 7.89. The van der Waals surface area contributed by atoms with E-state index < -0.39 is 10.0 Å². The van der Waals surface area contributed by atoms with Crippen LogP contribution in [0.4, 0.5) is 0 Å². The van der Waals surface area contributed by atoms with E-state index in [1.54, 1.807) is 12.6 Å². The summed E-state index contributed by atoms with van der Waals surface area (Å²) in [5.41, 5.74) is 2.64. The Bertz CT molecular complexity index is 445. The van der Waals surface area contributed by atoms with Crippen LogP contribution in [0, 0.1) is 6.92 Å². The minimum Gasteiger partial charge on any atom is -0.250 e. The van der Waals surface area contributed by atoms with E-state index in [0.717, 1.165) is 17.0 Å². The average Bonchev–Trinajstić information content (AvgIpc) is 2.64. The second-order valence-electron chi connectivity index (χ2n) is 3.83. The van der Waals surface area contributed by atoms with Crippen molar-refractivity contribution in [1.29, 1.82) is 0 Å². The van der Waals surface area contributed by atoms with E-state index in [9.17, 15) is 8.42 Å². The van der Waals surface area contributed by atoms with Crippen molar-refractivity contribution < 1.29 is 8.42 Å². The predicted molar refractivity (Wildman–Crippen MR) is 72.1 cm³/mol. The van der Waals surface area contributed by atoms with Crippen molar-refractivity contribution in [3.8, 4) is 0 Å². The lowest BCUT2D eigenvalue weighted by molar-refractivity contribution is 0.467. The lowest BCUT2D eigenvalue weighted by Crippen LogP contribution is -2.28. The number of halogens is 1. The Morgan fingerprint density at radius 3 is 2.71 bits per heavy atom. The van der Waals surface area contributed by atoms with Gasteiger partial charge in [-0.3, -0.25) is 0 Å². The van der Waals surface area contributed by atoms with Gasteiger partial charge in [0.15, 0.2) is 0 Å². The largest absolute Gasteiger partial charge is 0.250 e. The zero-order valence-electron chi connectivity index (χ0n) is 10.0. The van der Waals surface area contributed by atoms with Crippen LogP contribution in [0.5, 0.6) is 0 Å². The van der Waals surface area contributed by atoms with Crippen LogP contribution in [0.15, 0.2) is 5.51 Å². The molecule has 0 amide bonds. The number of aromatic nitrogens is 1. The summed E-state index contributed by atoms with van der Waals surface area (Å²) in [5.74, 6) is 0.668. The fourth-order valence-electron chi connectivity index (χ4n) is 1.31. The fourth-order valence-corrected chi connectivity index (χ4v) is 3.62. The highest BCUT2D eigenvalue weighted by Gasteiger charge is 2.18. The van der Waals surface area contributed by atoms with Crippen LogP contribution in [0.1, 0.15) is 23.4 Å². The van der Waals surface area contributed by atoms with Gasteiger partial charge in [-0.15, -0.1) is 22.9 Å². The van der Waals surface area contributed by atoms with Crippen molar-refractivity contribution in [3.05, 3.63) is 16.1 Å². The van der Waals surface area contributed by atoms with Gasteiger partial charge in [-0.25, -0.2) is 13.4 Å². The molecule has 7 heteroatoms. The first-order chi connectivity index (χ1) is 7.97. The molecule has 0 spiro atoms. The SMILES string of the molecule is Cc1ncsc1CN(C)S(=O)(=O)CCCCCl. The normalized spacial score (nSPS) is 12.2. The van der Waals surface area contributed by atoms with Gasteiger partial charge in [0.1, 0.15) is 0 Å². The molecule has 0 bridgehead atoms. The molecule has 0 saturated carbocycles. The number of nitrogens with zero attached hydrogens (tertiary/aromatic N) is 2. The number of rotatable bonds is 7. The Morgan fingerprint density at radius 1 is 1.47 bits per heavy atom. The minimum absolute atomic E-state index is 0.161. The van der Waals surface area contributed by atoms with Gasteiger partial charge in [0.25, 0.3) is 0 Å². The van der Waals surface area contributed by atoms with Crippen LogP contribution >= 0.6 is 22.9 Å². The Kier molecular flexibility index (Phi) is 5.85. The van der Waals surface area contributed by atoms with Crippen molar-refractivity contribution >= 4 is 33.0 Å². The highest BCUT2D eigenvalue weighted by Crippen LogP contribution is 2.16. The summed E-state index contributed by atoms with van der Waals surface area (Å²) in [6.45, 7) is 2.29. The smallest absolute Gasteiger partial charge is 0.214 e. The molecule has 0 aliphatic rings. The number of sulfonamides is 1. The van der Waals surface area contributed by atoms with Gasteiger partial charge >= 0.3 is 0 Å². The molecule has 4 nitrogen and oxygen atoms in total. The first-order valence-corrected chi connectivity index (χ1v) is 8.38. The Hall–Kier alpha value is -0.170. The summed E-state index contributed by atoms with van der Waals surface area (Å²) >= 11 is 7.01. The summed E-state index contributed by atoms with van der Waals surface area (Å²) < 4.78 is 25.2. The van der Waals surface area contributed by atoms with E-state index in [0.29, 0.717) is 18.8 Å². The molecule has 0 unspecified atom stereocenters. The molecule has 0 atom stereocenters. The molecular formula is C10H17ClN2O2S2. The molecule has 0 radical (unpaired) electrons. The Morgan fingerprint density at radius 2 is 2.18 bits per heavy atom. The van der Waals surface area contributed by atoms with E-state index in [-0.39, 0.29) is 5.75 Å². The zero-order valence-corrected chi connectivity index (χ0v) is 12.4. The molecule has 0 aliphatic carbocycles. The average molecular weight is 297 g/mol. The van der Waals surface area contributed by atoms with Gasteiger partial charge in [0.2, 0.25) is 10.0 Å². The molecule has 1 aromatic heterocycles. The van der Waals surface area contributed by atoms with Gasteiger partial charge < -0.3 is 0 Å². The number of thiazole rings is 1. The molecule has 0 aromatic carbocycles. The van der Waals surface area contributed by atoms with E-state index in [2.05, 4.69) is 4.98 Å². The second-order valence-corrected chi connectivity index (χ2v) is 7.34. The number of hydrogen-bond acceptors (Lipinski definition) is 4. The first kappa shape index (κ1) is 14.9. The molecule has 1 heterocycles. The molecule has 0 saturated heterocycles. The fraction of sp³-hybridized carbons (Fsp3) is 0.700. The number of hydrogen-bond donors (Lipinski definition) is 0. The van der Waals surface area contributed by atoms with Crippen LogP contribution in [-0.4, -0.2) is 36.4 Å². The second kappa shape index (κ2) is 6.68. The number of unbranched alkanes of at least 4 members (excludes halogenated alkanes) is 1. The summed E-state index contributed by atoms with van der Waals surface area (Å²) in [4.78, 5) is 5.10. The van der Waals surface area contributed by atoms with Crippen molar-refractivity contribution in [2.45, 2.75) is 26.3 Å². The standard InChI is InChI=1S/C10H17ClN2O2S2/c1-9-10(16-8-12-9)7-13(2)17(14,15)6-4-3-5-11/h8H,3-7H2,1-2H3. The molecule has 0 aliphatic heterocycles. The topological polar surface area (TPSA) is 50.3 Å². The van der Waals surface area contributed by atoms with Crippen molar-refractivity contribution in [2.75, 3.05) is 18.7 Å². The van der Waals surface area contributed by atoms with Crippen molar-refractivity contribution in [2.24, 2.45) is 0 Å². The molecule has 17 heavy (non-hydrogen) atoms. The van der Waals surface area contributed by atoms with Gasteiger partial charge in [0.05, 0.1) is 17.0 Å². The predicted octanol–water partition coefficient (Wildman–Crippen LogP) is 2.23. The lowest BCUT2D eigenvalue weighted by atomic mass is 10.4. The van der Waals surface area contributed by atoms with E-state index in [1.165, 1.54) is 15.6 Å². The van der Waals surface area contributed by atoms with Crippen LogP contribution in [0.3, 0.4) is 0 Å². The van der Waals surface area contributed by atoms with E-state index in [4.69, 9.17) is 11.6 Å². The quantitative estimate of drug-likeness (QED) is 0.573. The van der Waals surface area contributed by atoms with E-state index >= 15 is 0 Å². The Balaban J connectivity index is 2.57. The maximum absolute atomic E-state index is 11.9. The van der Waals surface area contributed by atoms with E-state index in [1.807, 2.05) is 6.92 Å². The molecule has 1 rings (SSSR count). The summed E-state index contributed by atoms with van der Waals surface area (Å²) in [5, 5.41) is 0. The molecule has 0 N–H and O–H groups in total. The summed E-state index contributed by atoms with van der Waals surface area (Å²) in [6.07, 6.45) is 1.34. The highest BCUT2D eigenvalue weighted by atomic mass is 35.5. The first-order valence-electron chi connectivity index (χ1n) is 5.36. The lowest BCUT2D eigenvalue weighted by Gasteiger charge is -2.16. The number of aryl methyl sites for hydroxylation is 1. The third-order valence-corrected chi connectivity index (χ3v) is 5.54. The van der Waals surface area contributed by atoms with Crippen LogP contribution in [0.2, 0.25) is 0 Å². The maximum atomic E-state index is 11.9. The third-order valence-electron chi connectivity index (χ3n) is 2.47. The molecular weight excluding hydrogens is 280 g/mol. The minimum atomic E-state index is -3.17. The van der Waals surface area contributed by atoms with Crippen molar-refractivity contribution in [1.82, 2.24) is 9.29 Å². The molecule has 1 aromatic rings. The zero-order chi connectivity index (χ0) is 12.9. The maximum Gasteiger partial charge on any atom is 0.214 e. The Labute approximate surface area is 112 Å². The summed E-state index contributed by atoms with van der Waals surface area (Å²) in [7, 11) is -1.57. The van der Waals surface area contributed by atoms with Crippen LogP contribution < -0.4 is 0 Å². The number of alkyl halides is 1. The van der Waals surface area contributed by atoms with Crippen LogP contribution in [-0.2, 0) is 16.6 Å². The van der Waals surface area contributed by atoms with Gasteiger partial charge in [-0.1, -0.05) is 0 Å². The monoisotopic (exact) mass is 296 g/mol.